The first kappa shape index (κ1) is 12.6. The van der Waals surface area contributed by atoms with Crippen molar-refractivity contribution in [2.24, 2.45) is 0 Å². The van der Waals surface area contributed by atoms with Gasteiger partial charge < -0.3 is 5.32 Å². The monoisotopic (exact) mass is 256 g/mol. The topological polar surface area (TPSA) is 78.7 Å². The van der Waals surface area contributed by atoms with Crippen molar-refractivity contribution in [1.82, 2.24) is 15.3 Å². The molecular formula is C13H9FN4O. The first-order chi connectivity index (χ1) is 9.20. The van der Waals surface area contributed by atoms with Gasteiger partial charge in [0.15, 0.2) is 0 Å². The molecule has 0 atom stereocenters. The van der Waals surface area contributed by atoms with Crippen LogP contribution in [0.5, 0.6) is 0 Å². The van der Waals surface area contributed by atoms with Crippen LogP contribution in [0.15, 0.2) is 36.9 Å². The van der Waals surface area contributed by atoms with Crippen LogP contribution in [0.1, 0.15) is 21.5 Å². The SMILES string of the molecule is N#Cc1ccc(CNC(=O)c2cncnc2)c(F)c1. The first-order valence-electron chi connectivity index (χ1n) is 5.42. The van der Waals surface area contributed by atoms with E-state index in [1.54, 1.807) is 0 Å². The number of aromatic nitrogens is 2. The Hall–Kier alpha value is -2.81. The minimum atomic E-state index is -0.524. The van der Waals surface area contributed by atoms with Gasteiger partial charge in [0, 0.05) is 24.5 Å². The zero-order valence-electron chi connectivity index (χ0n) is 9.80. The fraction of sp³-hybridized carbons (Fsp3) is 0.0769. The quantitative estimate of drug-likeness (QED) is 0.900. The van der Waals surface area contributed by atoms with Gasteiger partial charge in [0.1, 0.15) is 12.1 Å². The molecule has 2 rings (SSSR count). The number of rotatable bonds is 3. The summed E-state index contributed by atoms with van der Waals surface area (Å²) >= 11 is 0. The highest BCUT2D eigenvalue weighted by Crippen LogP contribution is 2.09. The molecule has 0 saturated carbocycles. The lowest BCUT2D eigenvalue weighted by molar-refractivity contribution is 0.0950. The summed E-state index contributed by atoms with van der Waals surface area (Å²) in [7, 11) is 0. The second-order valence-electron chi connectivity index (χ2n) is 3.73. The molecule has 2 aromatic rings. The molecule has 0 fully saturated rings. The molecule has 0 aliphatic carbocycles. The summed E-state index contributed by atoms with van der Waals surface area (Å²) in [5.41, 5.74) is 0.852. The predicted molar refractivity (Wildman–Crippen MR) is 64.3 cm³/mol. The first-order valence-corrected chi connectivity index (χ1v) is 5.42. The molecule has 0 spiro atoms. The van der Waals surface area contributed by atoms with Gasteiger partial charge in [-0.3, -0.25) is 4.79 Å². The summed E-state index contributed by atoms with van der Waals surface area (Å²) in [6.45, 7) is 0.0330. The number of amides is 1. The van der Waals surface area contributed by atoms with Gasteiger partial charge in [-0.1, -0.05) is 6.07 Å². The Morgan fingerprint density at radius 3 is 2.74 bits per heavy atom. The van der Waals surface area contributed by atoms with Crippen molar-refractivity contribution in [2.75, 3.05) is 0 Å². The molecule has 0 bridgehead atoms. The number of benzene rings is 1. The molecule has 1 N–H and O–H groups in total. The van der Waals surface area contributed by atoms with Crippen LogP contribution in [0.2, 0.25) is 0 Å². The van der Waals surface area contributed by atoms with Gasteiger partial charge in [0.25, 0.3) is 5.91 Å². The molecule has 5 nitrogen and oxygen atoms in total. The fourth-order valence-electron chi connectivity index (χ4n) is 1.45. The molecule has 1 heterocycles. The van der Waals surface area contributed by atoms with Crippen LogP contribution < -0.4 is 5.32 Å². The summed E-state index contributed by atoms with van der Waals surface area (Å²) in [6, 6.07) is 5.94. The minimum Gasteiger partial charge on any atom is -0.348 e. The van der Waals surface area contributed by atoms with Crippen molar-refractivity contribution >= 4 is 5.91 Å². The number of carbonyl (C=O) groups excluding carboxylic acids is 1. The Labute approximate surface area is 108 Å². The van der Waals surface area contributed by atoms with Crippen molar-refractivity contribution < 1.29 is 9.18 Å². The number of hydrogen-bond acceptors (Lipinski definition) is 4. The second kappa shape index (κ2) is 5.69. The molecule has 6 heteroatoms. The van der Waals surface area contributed by atoms with Gasteiger partial charge in [-0.05, 0) is 12.1 Å². The van der Waals surface area contributed by atoms with E-state index in [9.17, 15) is 9.18 Å². The van der Waals surface area contributed by atoms with Crippen LogP contribution >= 0.6 is 0 Å². The number of hydrogen-bond donors (Lipinski definition) is 1. The van der Waals surface area contributed by atoms with E-state index < -0.39 is 5.82 Å². The maximum Gasteiger partial charge on any atom is 0.254 e. The van der Waals surface area contributed by atoms with Crippen LogP contribution in [-0.2, 0) is 6.54 Å². The molecule has 94 valence electrons. The Balaban J connectivity index is 2.04. The molecule has 0 aliphatic heterocycles. The van der Waals surface area contributed by atoms with Crippen molar-refractivity contribution in [3.8, 4) is 6.07 Å². The zero-order valence-corrected chi connectivity index (χ0v) is 9.80. The smallest absolute Gasteiger partial charge is 0.254 e. The molecule has 1 aromatic heterocycles. The van der Waals surface area contributed by atoms with Crippen molar-refractivity contribution in [2.45, 2.75) is 6.54 Å². The summed E-state index contributed by atoms with van der Waals surface area (Å²) < 4.78 is 13.6. The van der Waals surface area contributed by atoms with Gasteiger partial charge in [0.2, 0.25) is 0 Å². The summed E-state index contributed by atoms with van der Waals surface area (Å²) in [6.07, 6.45) is 4.06. The maximum atomic E-state index is 13.6. The summed E-state index contributed by atoms with van der Waals surface area (Å²) in [5, 5.41) is 11.2. The number of halogens is 1. The van der Waals surface area contributed by atoms with Crippen LogP contribution in [0.25, 0.3) is 0 Å². The minimum absolute atomic E-state index is 0.0330. The summed E-state index contributed by atoms with van der Waals surface area (Å²) in [4.78, 5) is 19.1. The average molecular weight is 256 g/mol. The predicted octanol–water partition coefficient (Wildman–Crippen LogP) is 1.42. The van der Waals surface area contributed by atoms with E-state index in [2.05, 4.69) is 15.3 Å². The number of nitrogens with one attached hydrogen (secondary N) is 1. The summed E-state index contributed by atoms with van der Waals surface area (Å²) in [5.74, 6) is -0.909. The number of nitrogens with zero attached hydrogens (tertiary/aromatic N) is 3. The highest BCUT2D eigenvalue weighted by Gasteiger charge is 2.08. The van der Waals surface area contributed by atoms with Gasteiger partial charge >= 0.3 is 0 Å². The fourth-order valence-corrected chi connectivity index (χ4v) is 1.45. The molecule has 0 aliphatic rings. The third-order valence-electron chi connectivity index (χ3n) is 2.44. The molecule has 0 saturated heterocycles. The van der Waals surface area contributed by atoms with E-state index in [0.29, 0.717) is 11.1 Å². The molecule has 19 heavy (non-hydrogen) atoms. The Morgan fingerprint density at radius 1 is 1.37 bits per heavy atom. The highest BCUT2D eigenvalue weighted by molar-refractivity contribution is 5.93. The van der Waals surface area contributed by atoms with E-state index in [4.69, 9.17) is 5.26 Å². The van der Waals surface area contributed by atoms with E-state index in [-0.39, 0.29) is 18.0 Å². The van der Waals surface area contributed by atoms with Crippen LogP contribution in [0.4, 0.5) is 4.39 Å². The normalized spacial score (nSPS) is 9.68. The molecular weight excluding hydrogens is 247 g/mol. The van der Waals surface area contributed by atoms with Gasteiger partial charge in [0.05, 0.1) is 17.2 Å². The van der Waals surface area contributed by atoms with Crippen molar-refractivity contribution in [1.29, 1.82) is 5.26 Å². The third-order valence-corrected chi connectivity index (χ3v) is 2.44. The Kier molecular flexibility index (Phi) is 3.78. The lowest BCUT2D eigenvalue weighted by Crippen LogP contribution is -2.23. The van der Waals surface area contributed by atoms with Gasteiger partial charge in [-0.25, -0.2) is 14.4 Å². The molecule has 0 radical (unpaired) electrons. The van der Waals surface area contributed by atoms with Crippen LogP contribution in [0, 0.1) is 17.1 Å². The van der Waals surface area contributed by atoms with Gasteiger partial charge in [-0.2, -0.15) is 5.26 Å². The zero-order chi connectivity index (χ0) is 13.7. The molecule has 0 unspecified atom stereocenters. The van der Waals surface area contributed by atoms with E-state index in [1.165, 1.54) is 30.9 Å². The van der Waals surface area contributed by atoms with E-state index in [0.717, 1.165) is 6.07 Å². The van der Waals surface area contributed by atoms with Crippen LogP contribution in [0.3, 0.4) is 0 Å². The molecule has 1 aromatic carbocycles. The second-order valence-corrected chi connectivity index (χ2v) is 3.73. The maximum absolute atomic E-state index is 13.6. The lowest BCUT2D eigenvalue weighted by atomic mass is 10.1. The largest absolute Gasteiger partial charge is 0.348 e. The highest BCUT2D eigenvalue weighted by atomic mass is 19.1. The Bertz CT molecular complexity index is 637. The van der Waals surface area contributed by atoms with Gasteiger partial charge in [-0.15, -0.1) is 0 Å². The average Bonchev–Trinajstić information content (AvgIpc) is 2.46. The molecule has 1 amide bonds. The number of nitriles is 1. The van der Waals surface area contributed by atoms with Crippen molar-refractivity contribution in [3.05, 3.63) is 59.4 Å². The van der Waals surface area contributed by atoms with Crippen LogP contribution in [-0.4, -0.2) is 15.9 Å². The Morgan fingerprint density at radius 2 is 2.11 bits per heavy atom. The van der Waals surface area contributed by atoms with E-state index in [1.807, 2.05) is 6.07 Å². The third kappa shape index (κ3) is 3.10. The standard InChI is InChI=1S/C13H9FN4O/c14-12-3-9(4-15)1-2-10(12)7-18-13(19)11-5-16-8-17-6-11/h1-3,5-6,8H,7H2,(H,18,19). The lowest BCUT2D eigenvalue weighted by Gasteiger charge is -2.06. The van der Waals surface area contributed by atoms with E-state index >= 15 is 0 Å². The van der Waals surface area contributed by atoms with Crippen molar-refractivity contribution in [3.63, 3.8) is 0 Å². The number of carbonyl (C=O) groups is 1.